The average Bonchev–Trinajstić information content (AvgIpc) is 2.30. The first kappa shape index (κ1) is 14.0. The van der Waals surface area contributed by atoms with Crippen LogP contribution in [0.4, 0.5) is 0 Å². The number of ether oxygens (including phenoxy) is 1. The number of benzene rings is 1. The van der Waals surface area contributed by atoms with Crippen LogP contribution in [-0.4, -0.2) is 19.2 Å². The lowest BCUT2D eigenvalue weighted by Crippen LogP contribution is -2.29. The van der Waals surface area contributed by atoms with Crippen LogP contribution in [0.15, 0.2) is 12.1 Å². The third-order valence-corrected chi connectivity index (χ3v) is 3.23. The van der Waals surface area contributed by atoms with Gasteiger partial charge in [-0.3, -0.25) is 0 Å². The van der Waals surface area contributed by atoms with Crippen molar-refractivity contribution in [3.8, 4) is 5.75 Å². The highest BCUT2D eigenvalue weighted by Crippen LogP contribution is 2.22. The Morgan fingerprint density at radius 2 is 1.94 bits per heavy atom. The van der Waals surface area contributed by atoms with Crippen LogP contribution in [0.2, 0.25) is 0 Å². The molecule has 0 radical (unpaired) electrons. The van der Waals surface area contributed by atoms with Crippen LogP contribution in [0.25, 0.3) is 0 Å². The van der Waals surface area contributed by atoms with E-state index in [-0.39, 0.29) is 0 Å². The zero-order valence-electron chi connectivity index (χ0n) is 11.8. The maximum atomic E-state index is 5.83. The van der Waals surface area contributed by atoms with Crippen molar-refractivity contribution >= 4 is 0 Å². The Morgan fingerprint density at radius 1 is 1.24 bits per heavy atom. The second-order valence-electron chi connectivity index (χ2n) is 4.82. The molecule has 0 aliphatic heterocycles. The minimum atomic E-state index is 0.568. The van der Waals surface area contributed by atoms with E-state index >= 15 is 0 Å². The Morgan fingerprint density at radius 3 is 2.59 bits per heavy atom. The maximum absolute atomic E-state index is 5.83. The third-order valence-electron chi connectivity index (χ3n) is 3.23. The topological polar surface area (TPSA) is 21.3 Å². The summed E-state index contributed by atoms with van der Waals surface area (Å²) in [7, 11) is 0. The average molecular weight is 235 g/mol. The van der Waals surface area contributed by atoms with E-state index in [0.29, 0.717) is 6.04 Å². The van der Waals surface area contributed by atoms with Crippen LogP contribution in [0.3, 0.4) is 0 Å². The van der Waals surface area contributed by atoms with Gasteiger partial charge < -0.3 is 10.1 Å². The SMILES string of the molecule is CC[C@@H](C)NCCOc1cc(C)cc(C)c1C. The summed E-state index contributed by atoms with van der Waals surface area (Å²) >= 11 is 0. The summed E-state index contributed by atoms with van der Waals surface area (Å²) in [6.07, 6.45) is 1.16. The van der Waals surface area contributed by atoms with Crippen molar-refractivity contribution in [3.63, 3.8) is 0 Å². The molecule has 1 N–H and O–H groups in total. The molecule has 96 valence electrons. The molecule has 17 heavy (non-hydrogen) atoms. The predicted molar refractivity (Wildman–Crippen MR) is 73.9 cm³/mol. The van der Waals surface area contributed by atoms with Crippen molar-refractivity contribution in [3.05, 3.63) is 28.8 Å². The number of hydrogen-bond donors (Lipinski definition) is 1. The first-order chi connectivity index (χ1) is 8.04. The van der Waals surface area contributed by atoms with E-state index in [2.05, 4.69) is 52.1 Å². The fourth-order valence-corrected chi connectivity index (χ4v) is 1.76. The zero-order valence-corrected chi connectivity index (χ0v) is 11.8. The highest BCUT2D eigenvalue weighted by atomic mass is 16.5. The number of hydrogen-bond acceptors (Lipinski definition) is 2. The van der Waals surface area contributed by atoms with Gasteiger partial charge in [-0.1, -0.05) is 13.0 Å². The fourth-order valence-electron chi connectivity index (χ4n) is 1.76. The smallest absolute Gasteiger partial charge is 0.122 e. The van der Waals surface area contributed by atoms with Crippen LogP contribution in [-0.2, 0) is 0 Å². The molecule has 2 nitrogen and oxygen atoms in total. The summed E-state index contributed by atoms with van der Waals surface area (Å²) in [6, 6.07) is 4.88. The quantitative estimate of drug-likeness (QED) is 0.763. The van der Waals surface area contributed by atoms with Crippen molar-refractivity contribution in [2.75, 3.05) is 13.2 Å². The van der Waals surface area contributed by atoms with Gasteiger partial charge in [0.15, 0.2) is 0 Å². The van der Waals surface area contributed by atoms with E-state index in [4.69, 9.17) is 4.74 Å². The molecule has 0 aliphatic carbocycles. The van der Waals surface area contributed by atoms with E-state index in [1.54, 1.807) is 0 Å². The normalized spacial score (nSPS) is 12.5. The van der Waals surface area contributed by atoms with Gasteiger partial charge in [-0.25, -0.2) is 0 Å². The molecule has 2 heteroatoms. The predicted octanol–water partition coefficient (Wildman–Crippen LogP) is 3.38. The molecule has 0 amide bonds. The molecule has 1 rings (SSSR count). The van der Waals surface area contributed by atoms with Gasteiger partial charge >= 0.3 is 0 Å². The van der Waals surface area contributed by atoms with E-state index in [1.165, 1.54) is 16.7 Å². The molecule has 0 bridgehead atoms. The number of aryl methyl sites for hydroxylation is 2. The van der Waals surface area contributed by atoms with Gasteiger partial charge in [0, 0.05) is 12.6 Å². The number of nitrogens with one attached hydrogen (secondary N) is 1. The molecule has 0 saturated heterocycles. The van der Waals surface area contributed by atoms with Crippen LogP contribution < -0.4 is 10.1 Å². The van der Waals surface area contributed by atoms with Gasteiger partial charge in [-0.15, -0.1) is 0 Å². The largest absolute Gasteiger partial charge is 0.492 e. The Hall–Kier alpha value is -1.02. The first-order valence-electron chi connectivity index (χ1n) is 6.48. The molecule has 0 fully saturated rings. The second kappa shape index (κ2) is 6.65. The summed E-state index contributed by atoms with van der Waals surface area (Å²) in [6.45, 7) is 12.4. The minimum Gasteiger partial charge on any atom is -0.492 e. The second-order valence-corrected chi connectivity index (χ2v) is 4.82. The Balaban J connectivity index is 2.47. The van der Waals surface area contributed by atoms with E-state index in [0.717, 1.165) is 25.3 Å². The van der Waals surface area contributed by atoms with Gasteiger partial charge in [0.1, 0.15) is 12.4 Å². The van der Waals surface area contributed by atoms with Crippen LogP contribution >= 0.6 is 0 Å². The number of rotatable bonds is 6. The molecular formula is C15H25NO. The zero-order chi connectivity index (χ0) is 12.8. The van der Waals surface area contributed by atoms with Gasteiger partial charge in [-0.05, 0) is 56.9 Å². The highest BCUT2D eigenvalue weighted by molar-refractivity contribution is 5.41. The van der Waals surface area contributed by atoms with Crippen molar-refractivity contribution in [2.45, 2.75) is 47.1 Å². The molecule has 0 unspecified atom stereocenters. The summed E-state index contributed by atoms with van der Waals surface area (Å²) in [5.74, 6) is 1.02. The Kier molecular flexibility index (Phi) is 5.49. The highest BCUT2D eigenvalue weighted by Gasteiger charge is 2.04. The van der Waals surface area contributed by atoms with Crippen LogP contribution in [0.5, 0.6) is 5.75 Å². The standard InChI is InChI=1S/C15H25NO/c1-6-13(4)16-7-8-17-15-10-11(2)9-12(3)14(15)5/h9-10,13,16H,6-8H2,1-5H3/t13-/m1/s1. The minimum absolute atomic E-state index is 0.568. The molecule has 0 aliphatic rings. The molecule has 0 heterocycles. The molecule has 1 aromatic carbocycles. The van der Waals surface area contributed by atoms with Gasteiger partial charge in [0.05, 0.1) is 0 Å². The van der Waals surface area contributed by atoms with Crippen molar-refractivity contribution in [2.24, 2.45) is 0 Å². The third kappa shape index (κ3) is 4.39. The molecular weight excluding hydrogens is 210 g/mol. The summed E-state index contributed by atoms with van der Waals surface area (Å²) in [5, 5.41) is 3.43. The lowest BCUT2D eigenvalue weighted by molar-refractivity contribution is 0.304. The maximum Gasteiger partial charge on any atom is 0.122 e. The lowest BCUT2D eigenvalue weighted by atomic mass is 10.1. The van der Waals surface area contributed by atoms with E-state index < -0.39 is 0 Å². The van der Waals surface area contributed by atoms with E-state index in [9.17, 15) is 0 Å². The Labute approximate surface area is 105 Å². The summed E-state index contributed by atoms with van der Waals surface area (Å²) < 4.78 is 5.83. The van der Waals surface area contributed by atoms with Crippen molar-refractivity contribution in [1.29, 1.82) is 0 Å². The lowest BCUT2D eigenvalue weighted by Gasteiger charge is -2.14. The first-order valence-corrected chi connectivity index (χ1v) is 6.48. The fraction of sp³-hybridized carbons (Fsp3) is 0.600. The van der Waals surface area contributed by atoms with E-state index in [1.807, 2.05) is 0 Å². The van der Waals surface area contributed by atoms with Crippen molar-refractivity contribution < 1.29 is 4.74 Å². The summed E-state index contributed by atoms with van der Waals surface area (Å²) in [4.78, 5) is 0. The van der Waals surface area contributed by atoms with Gasteiger partial charge in [-0.2, -0.15) is 0 Å². The van der Waals surface area contributed by atoms with Crippen LogP contribution in [0.1, 0.15) is 37.0 Å². The summed E-state index contributed by atoms with van der Waals surface area (Å²) in [5.41, 5.74) is 3.81. The molecule has 0 saturated carbocycles. The van der Waals surface area contributed by atoms with Crippen LogP contribution in [0, 0.1) is 20.8 Å². The molecule has 1 atom stereocenters. The van der Waals surface area contributed by atoms with Gasteiger partial charge in [0.25, 0.3) is 0 Å². The molecule has 0 spiro atoms. The van der Waals surface area contributed by atoms with Gasteiger partial charge in [0.2, 0.25) is 0 Å². The molecule has 0 aromatic heterocycles. The molecule has 1 aromatic rings. The Bertz CT molecular complexity index is 360. The monoisotopic (exact) mass is 235 g/mol. The van der Waals surface area contributed by atoms with Crippen molar-refractivity contribution in [1.82, 2.24) is 5.32 Å².